The van der Waals surface area contributed by atoms with Crippen LogP contribution in [-0.2, 0) is 16.6 Å². The molecule has 154 valence electrons. The van der Waals surface area contributed by atoms with Crippen molar-refractivity contribution in [3.05, 3.63) is 70.7 Å². The zero-order valence-corrected chi connectivity index (χ0v) is 18.5. The Morgan fingerprint density at radius 1 is 1.28 bits per heavy atom. The minimum absolute atomic E-state index is 0.00361. The second-order valence-corrected chi connectivity index (χ2v) is 9.51. The molecule has 1 N–H and O–H groups in total. The van der Waals surface area contributed by atoms with Crippen LogP contribution in [0.15, 0.2) is 64.5 Å². The molecular formula is C21H23BrN2O4S. The van der Waals surface area contributed by atoms with Crippen LogP contribution in [0.3, 0.4) is 0 Å². The summed E-state index contributed by atoms with van der Waals surface area (Å²) in [5.41, 5.74) is 1.24. The summed E-state index contributed by atoms with van der Waals surface area (Å²) in [5, 5.41) is 0. The van der Waals surface area contributed by atoms with Crippen molar-refractivity contribution in [2.75, 3.05) is 13.7 Å². The van der Waals surface area contributed by atoms with Gasteiger partial charge in [0.25, 0.3) is 5.91 Å². The first-order valence-electron chi connectivity index (χ1n) is 9.20. The Morgan fingerprint density at radius 3 is 2.59 bits per heavy atom. The number of ether oxygens (including phenoxy) is 1. The van der Waals surface area contributed by atoms with Crippen molar-refractivity contribution < 1.29 is 17.9 Å². The lowest BCUT2D eigenvalue weighted by Crippen LogP contribution is -2.28. The molecule has 2 aromatic rings. The summed E-state index contributed by atoms with van der Waals surface area (Å²) in [4.78, 5) is 14.6. The van der Waals surface area contributed by atoms with Gasteiger partial charge in [0.1, 0.15) is 12.4 Å². The number of hydrogen-bond acceptors (Lipinski definition) is 4. The summed E-state index contributed by atoms with van der Waals surface area (Å²) < 4.78 is 33.6. The molecule has 0 aromatic heterocycles. The quantitative estimate of drug-likeness (QED) is 0.557. The zero-order chi connectivity index (χ0) is 21.0. The minimum atomic E-state index is -3.63. The standard InChI is InChI=1S/C21H23BrN2O4S/c1-3-12-28-17-8-4-15(5-9-17)14-24(2)21(25)19-13-18(10-11-20(19)22)29(26,27)23-16-6-7-16/h3-5,8-11,13,16,23H,1,6-7,12,14H2,2H3. The third kappa shape index (κ3) is 5.68. The Bertz CT molecular complexity index is 1000. The molecule has 0 saturated heterocycles. The molecule has 1 saturated carbocycles. The summed E-state index contributed by atoms with van der Waals surface area (Å²) in [6, 6.07) is 12.0. The van der Waals surface area contributed by atoms with Crippen LogP contribution in [0.5, 0.6) is 5.75 Å². The average molecular weight is 479 g/mol. The maximum absolute atomic E-state index is 12.9. The molecule has 3 rings (SSSR count). The van der Waals surface area contributed by atoms with Crippen LogP contribution >= 0.6 is 15.9 Å². The normalized spacial score (nSPS) is 13.7. The maximum Gasteiger partial charge on any atom is 0.255 e. The van der Waals surface area contributed by atoms with Crippen molar-refractivity contribution in [1.82, 2.24) is 9.62 Å². The lowest BCUT2D eigenvalue weighted by Gasteiger charge is -2.19. The molecule has 1 amide bonds. The molecule has 1 aliphatic rings. The van der Waals surface area contributed by atoms with E-state index in [-0.39, 0.29) is 16.8 Å². The van der Waals surface area contributed by atoms with E-state index in [2.05, 4.69) is 27.2 Å². The van der Waals surface area contributed by atoms with Gasteiger partial charge in [-0.2, -0.15) is 0 Å². The molecule has 0 heterocycles. The summed E-state index contributed by atoms with van der Waals surface area (Å²) in [7, 11) is -1.95. The van der Waals surface area contributed by atoms with Gasteiger partial charge in [0, 0.05) is 24.1 Å². The first-order chi connectivity index (χ1) is 13.8. The van der Waals surface area contributed by atoms with Crippen molar-refractivity contribution >= 4 is 31.9 Å². The molecule has 0 spiro atoms. The number of sulfonamides is 1. The van der Waals surface area contributed by atoms with E-state index in [1.54, 1.807) is 24.1 Å². The van der Waals surface area contributed by atoms with Gasteiger partial charge in [0.15, 0.2) is 0 Å². The predicted molar refractivity (Wildman–Crippen MR) is 115 cm³/mol. The van der Waals surface area contributed by atoms with E-state index in [9.17, 15) is 13.2 Å². The van der Waals surface area contributed by atoms with Crippen molar-refractivity contribution in [1.29, 1.82) is 0 Å². The van der Waals surface area contributed by atoms with Crippen LogP contribution in [0, 0.1) is 0 Å². The second kappa shape index (κ2) is 9.11. The SMILES string of the molecule is C=CCOc1ccc(CN(C)C(=O)c2cc(S(=O)(=O)NC3CC3)ccc2Br)cc1. The highest BCUT2D eigenvalue weighted by Gasteiger charge is 2.29. The first kappa shape index (κ1) is 21.5. The third-order valence-corrected chi connectivity index (χ3v) is 6.65. The van der Waals surface area contributed by atoms with Gasteiger partial charge in [0.05, 0.1) is 10.5 Å². The monoisotopic (exact) mass is 478 g/mol. The summed E-state index contributed by atoms with van der Waals surface area (Å²) in [6.45, 7) is 4.42. The van der Waals surface area contributed by atoms with Gasteiger partial charge in [0.2, 0.25) is 10.0 Å². The number of hydrogen-bond donors (Lipinski definition) is 1. The van der Waals surface area contributed by atoms with E-state index in [1.165, 1.54) is 12.1 Å². The number of nitrogens with one attached hydrogen (secondary N) is 1. The van der Waals surface area contributed by atoms with E-state index >= 15 is 0 Å². The van der Waals surface area contributed by atoms with E-state index in [0.717, 1.165) is 24.2 Å². The maximum atomic E-state index is 12.9. The van der Waals surface area contributed by atoms with E-state index in [1.807, 2.05) is 24.3 Å². The molecule has 1 fully saturated rings. The van der Waals surface area contributed by atoms with Gasteiger partial charge in [-0.3, -0.25) is 4.79 Å². The van der Waals surface area contributed by atoms with Crippen molar-refractivity contribution in [2.24, 2.45) is 0 Å². The highest BCUT2D eigenvalue weighted by Crippen LogP contribution is 2.26. The molecule has 1 aliphatic carbocycles. The fraction of sp³-hybridized carbons (Fsp3) is 0.286. The fourth-order valence-corrected chi connectivity index (χ4v) is 4.47. The molecule has 2 aromatic carbocycles. The molecule has 0 radical (unpaired) electrons. The van der Waals surface area contributed by atoms with Crippen LogP contribution in [0.2, 0.25) is 0 Å². The highest BCUT2D eigenvalue weighted by atomic mass is 79.9. The van der Waals surface area contributed by atoms with E-state index < -0.39 is 10.0 Å². The van der Waals surface area contributed by atoms with Crippen LogP contribution in [0.25, 0.3) is 0 Å². The molecule has 29 heavy (non-hydrogen) atoms. The number of rotatable bonds is 9. The lowest BCUT2D eigenvalue weighted by molar-refractivity contribution is 0.0784. The average Bonchev–Trinajstić information content (AvgIpc) is 3.50. The molecule has 0 atom stereocenters. The van der Waals surface area contributed by atoms with Gasteiger partial charge >= 0.3 is 0 Å². The molecular weight excluding hydrogens is 456 g/mol. The Balaban J connectivity index is 1.73. The van der Waals surface area contributed by atoms with Gasteiger partial charge in [-0.05, 0) is 64.7 Å². The molecule has 0 bridgehead atoms. The Labute approximate surface area is 179 Å². The van der Waals surface area contributed by atoms with Gasteiger partial charge in [-0.1, -0.05) is 24.8 Å². The van der Waals surface area contributed by atoms with Crippen LogP contribution in [-0.4, -0.2) is 38.9 Å². The Morgan fingerprint density at radius 2 is 1.97 bits per heavy atom. The number of carbonyl (C=O) groups excluding carboxylic acids is 1. The van der Waals surface area contributed by atoms with E-state index in [4.69, 9.17) is 4.74 Å². The lowest BCUT2D eigenvalue weighted by atomic mass is 10.1. The van der Waals surface area contributed by atoms with Gasteiger partial charge in [-0.15, -0.1) is 0 Å². The second-order valence-electron chi connectivity index (χ2n) is 6.94. The van der Waals surface area contributed by atoms with Crippen LogP contribution < -0.4 is 9.46 Å². The largest absolute Gasteiger partial charge is 0.490 e. The predicted octanol–water partition coefficient (Wildman–Crippen LogP) is 3.73. The highest BCUT2D eigenvalue weighted by molar-refractivity contribution is 9.10. The molecule has 0 aliphatic heterocycles. The van der Waals surface area contributed by atoms with Crippen molar-refractivity contribution in [3.8, 4) is 5.75 Å². The smallest absolute Gasteiger partial charge is 0.255 e. The Hall–Kier alpha value is -2.16. The number of benzene rings is 2. The summed E-state index contributed by atoms with van der Waals surface area (Å²) in [6.07, 6.45) is 3.37. The molecule has 0 unspecified atom stereocenters. The fourth-order valence-electron chi connectivity index (χ4n) is 2.72. The summed E-state index contributed by atoms with van der Waals surface area (Å²) in [5.74, 6) is 0.457. The topological polar surface area (TPSA) is 75.7 Å². The number of halogens is 1. The number of nitrogens with zero attached hydrogens (tertiary/aromatic N) is 1. The van der Waals surface area contributed by atoms with Gasteiger partial charge in [-0.25, -0.2) is 13.1 Å². The van der Waals surface area contributed by atoms with Crippen LogP contribution in [0.4, 0.5) is 0 Å². The Kier molecular flexibility index (Phi) is 6.77. The van der Waals surface area contributed by atoms with Crippen molar-refractivity contribution in [2.45, 2.75) is 30.3 Å². The van der Waals surface area contributed by atoms with E-state index in [0.29, 0.717) is 23.2 Å². The van der Waals surface area contributed by atoms with Gasteiger partial charge < -0.3 is 9.64 Å². The zero-order valence-electron chi connectivity index (χ0n) is 16.1. The third-order valence-electron chi connectivity index (χ3n) is 4.44. The minimum Gasteiger partial charge on any atom is -0.490 e. The molecule has 6 nitrogen and oxygen atoms in total. The number of amides is 1. The van der Waals surface area contributed by atoms with Crippen LogP contribution in [0.1, 0.15) is 28.8 Å². The van der Waals surface area contributed by atoms with Crippen molar-refractivity contribution in [3.63, 3.8) is 0 Å². The first-order valence-corrected chi connectivity index (χ1v) is 11.5. The number of carbonyl (C=O) groups is 1. The molecule has 8 heteroatoms. The summed E-state index contributed by atoms with van der Waals surface area (Å²) >= 11 is 3.36.